The molecule has 1 aromatic heterocycles. The number of carbonyl (C=O) groups excluding carboxylic acids is 1. The summed E-state index contributed by atoms with van der Waals surface area (Å²) in [7, 11) is -3.50. The van der Waals surface area contributed by atoms with Crippen molar-refractivity contribution in [2.75, 3.05) is 13.1 Å². The number of carbonyl (C=O) groups is 1. The normalized spacial score (nSPS) is 19.3. The Morgan fingerprint density at radius 2 is 2.12 bits per heavy atom. The Morgan fingerprint density at radius 1 is 1.47 bits per heavy atom. The zero-order chi connectivity index (χ0) is 12.5. The molecular weight excluding hydrogens is 244 g/mol. The van der Waals surface area contributed by atoms with Crippen molar-refractivity contribution < 1.29 is 13.2 Å². The van der Waals surface area contributed by atoms with Crippen molar-refractivity contribution >= 4 is 15.9 Å². The summed E-state index contributed by atoms with van der Waals surface area (Å²) in [5.74, 6) is -0.577. The number of aromatic nitrogens is 2. The molecule has 1 fully saturated rings. The van der Waals surface area contributed by atoms with Crippen molar-refractivity contribution in [3.05, 3.63) is 12.3 Å². The van der Waals surface area contributed by atoms with Gasteiger partial charge in [0.05, 0.1) is 6.20 Å². The number of aromatic amines is 1. The third kappa shape index (κ3) is 2.32. The molecule has 1 amide bonds. The fraction of sp³-hybridized carbons (Fsp3) is 0.556. The molecule has 7 nitrogen and oxygen atoms in total. The van der Waals surface area contributed by atoms with Gasteiger partial charge in [-0.05, 0) is 18.9 Å². The lowest BCUT2D eigenvalue weighted by molar-refractivity contribution is -0.122. The summed E-state index contributed by atoms with van der Waals surface area (Å²) >= 11 is 0. The highest BCUT2D eigenvalue weighted by atomic mass is 32.2. The summed E-state index contributed by atoms with van der Waals surface area (Å²) in [5.41, 5.74) is 5.19. The number of primary amides is 1. The van der Waals surface area contributed by atoms with Crippen LogP contribution < -0.4 is 5.73 Å². The summed E-state index contributed by atoms with van der Waals surface area (Å²) in [6.45, 7) is 0.629. The molecule has 0 atom stereocenters. The Balaban J connectivity index is 2.09. The number of rotatable bonds is 3. The van der Waals surface area contributed by atoms with Crippen LogP contribution in [-0.2, 0) is 14.8 Å². The molecule has 1 aromatic rings. The number of nitrogens with two attached hydrogens (primary N) is 1. The van der Waals surface area contributed by atoms with E-state index in [4.69, 9.17) is 5.73 Å². The topological polar surface area (TPSA) is 109 Å². The molecule has 94 valence electrons. The summed E-state index contributed by atoms with van der Waals surface area (Å²) in [6.07, 6.45) is 2.34. The van der Waals surface area contributed by atoms with Crippen molar-refractivity contribution in [3.63, 3.8) is 0 Å². The highest BCUT2D eigenvalue weighted by molar-refractivity contribution is 7.89. The van der Waals surface area contributed by atoms with E-state index in [1.165, 1.54) is 16.6 Å². The lowest BCUT2D eigenvalue weighted by atomic mass is 9.98. The third-order valence-electron chi connectivity index (χ3n) is 2.95. The summed E-state index contributed by atoms with van der Waals surface area (Å²) in [5, 5.41) is 6.14. The second-order valence-electron chi connectivity index (χ2n) is 4.00. The fourth-order valence-corrected chi connectivity index (χ4v) is 3.28. The van der Waals surface area contributed by atoms with Gasteiger partial charge in [0.25, 0.3) is 10.0 Å². The first kappa shape index (κ1) is 12.1. The van der Waals surface area contributed by atoms with Gasteiger partial charge in [0.1, 0.15) is 0 Å². The Bertz CT molecular complexity index is 488. The number of piperidine rings is 1. The zero-order valence-electron chi connectivity index (χ0n) is 9.17. The average Bonchev–Trinajstić information content (AvgIpc) is 2.83. The molecule has 2 heterocycles. The Labute approximate surface area is 99.0 Å². The van der Waals surface area contributed by atoms with E-state index in [0.717, 1.165) is 0 Å². The number of amides is 1. The maximum absolute atomic E-state index is 12.1. The molecule has 0 bridgehead atoms. The number of H-pyrrole nitrogens is 1. The van der Waals surface area contributed by atoms with Gasteiger partial charge >= 0.3 is 0 Å². The third-order valence-corrected chi connectivity index (χ3v) is 4.78. The number of nitrogens with one attached hydrogen (secondary N) is 1. The van der Waals surface area contributed by atoms with Crippen LogP contribution in [0, 0.1) is 5.92 Å². The molecule has 1 aliphatic heterocycles. The van der Waals surface area contributed by atoms with E-state index in [1.807, 2.05) is 0 Å². The van der Waals surface area contributed by atoms with Crippen molar-refractivity contribution in [1.29, 1.82) is 0 Å². The van der Waals surface area contributed by atoms with Gasteiger partial charge in [-0.15, -0.1) is 0 Å². The largest absolute Gasteiger partial charge is 0.369 e. The second kappa shape index (κ2) is 4.46. The van der Waals surface area contributed by atoms with Crippen molar-refractivity contribution in [2.24, 2.45) is 11.7 Å². The lowest BCUT2D eigenvalue weighted by Gasteiger charge is -2.29. The summed E-state index contributed by atoms with van der Waals surface area (Å²) in [4.78, 5) is 11.0. The van der Waals surface area contributed by atoms with Crippen LogP contribution in [0.5, 0.6) is 0 Å². The summed E-state index contributed by atoms with van der Waals surface area (Å²) in [6, 6.07) is 1.41. The lowest BCUT2D eigenvalue weighted by Crippen LogP contribution is -2.41. The first-order valence-electron chi connectivity index (χ1n) is 5.30. The van der Waals surface area contributed by atoms with Gasteiger partial charge in [0.15, 0.2) is 5.03 Å². The smallest absolute Gasteiger partial charge is 0.259 e. The Morgan fingerprint density at radius 3 is 2.59 bits per heavy atom. The molecule has 1 aliphatic rings. The molecule has 0 radical (unpaired) electrons. The van der Waals surface area contributed by atoms with Crippen LogP contribution in [0.25, 0.3) is 0 Å². The number of hydrogen-bond donors (Lipinski definition) is 2. The summed E-state index contributed by atoms with van der Waals surface area (Å²) < 4.78 is 25.5. The quantitative estimate of drug-likeness (QED) is 0.746. The minimum atomic E-state index is -3.50. The SMILES string of the molecule is NC(=O)C1CCN(S(=O)(=O)c2ccn[nH]2)CC1. The highest BCUT2D eigenvalue weighted by Gasteiger charge is 2.31. The van der Waals surface area contributed by atoms with E-state index in [2.05, 4.69) is 10.2 Å². The molecule has 0 aliphatic carbocycles. The van der Waals surface area contributed by atoms with Gasteiger partial charge in [-0.25, -0.2) is 8.42 Å². The molecule has 17 heavy (non-hydrogen) atoms. The minimum absolute atomic E-state index is 0.0787. The van der Waals surface area contributed by atoms with Crippen molar-refractivity contribution in [2.45, 2.75) is 17.9 Å². The molecule has 3 N–H and O–H groups in total. The van der Waals surface area contributed by atoms with Crippen LogP contribution >= 0.6 is 0 Å². The number of sulfonamides is 1. The average molecular weight is 258 g/mol. The highest BCUT2D eigenvalue weighted by Crippen LogP contribution is 2.22. The van der Waals surface area contributed by atoms with E-state index in [0.29, 0.717) is 25.9 Å². The van der Waals surface area contributed by atoms with E-state index in [-0.39, 0.29) is 16.9 Å². The minimum Gasteiger partial charge on any atom is -0.369 e. The fourth-order valence-electron chi connectivity index (χ4n) is 1.91. The Kier molecular flexibility index (Phi) is 3.16. The van der Waals surface area contributed by atoms with Gasteiger partial charge < -0.3 is 5.73 Å². The monoisotopic (exact) mass is 258 g/mol. The standard InChI is InChI=1S/C9H14N4O3S/c10-9(14)7-2-5-13(6-3-7)17(15,16)8-1-4-11-12-8/h1,4,7H,2-3,5-6H2,(H2,10,14)(H,11,12). The molecular formula is C9H14N4O3S. The van der Waals surface area contributed by atoms with Gasteiger partial charge in [-0.1, -0.05) is 0 Å². The molecule has 0 saturated carbocycles. The molecule has 8 heteroatoms. The molecule has 1 saturated heterocycles. The second-order valence-corrected chi connectivity index (χ2v) is 5.91. The zero-order valence-corrected chi connectivity index (χ0v) is 9.98. The van der Waals surface area contributed by atoms with E-state index in [1.54, 1.807) is 0 Å². The predicted molar refractivity (Wildman–Crippen MR) is 59.3 cm³/mol. The van der Waals surface area contributed by atoms with Crippen LogP contribution in [0.15, 0.2) is 17.3 Å². The van der Waals surface area contributed by atoms with E-state index < -0.39 is 10.0 Å². The number of nitrogens with zero attached hydrogens (tertiary/aromatic N) is 2. The maximum Gasteiger partial charge on any atom is 0.259 e. The molecule has 0 unspecified atom stereocenters. The van der Waals surface area contributed by atoms with Gasteiger partial charge in [0.2, 0.25) is 5.91 Å². The van der Waals surface area contributed by atoms with E-state index >= 15 is 0 Å². The van der Waals surface area contributed by atoms with Crippen molar-refractivity contribution in [1.82, 2.24) is 14.5 Å². The number of hydrogen-bond acceptors (Lipinski definition) is 4. The first-order valence-corrected chi connectivity index (χ1v) is 6.74. The van der Waals surface area contributed by atoms with Crippen LogP contribution in [0.2, 0.25) is 0 Å². The van der Waals surface area contributed by atoms with Crippen LogP contribution in [0.3, 0.4) is 0 Å². The molecule has 0 spiro atoms. The van der Waals surface area contributed by atoms with Crippen LogP contribution in [-0.4, -0.2) is 41.9 Å². The predicted octanol–water partition coefficient (Wildman–Crippen LogP) is -0.704. The molecule has 0 aromatic carbocycles. The van der Waals surface area contributed by atoms with Gasteiger partial charge in [-0.2, -0.15) is 9.40 Å². The van der Waals surface area contributed by atoms with Gasteiger partial charge in [0, 0.05) is 19.0 Å². The van der Waals surface area contributed by atoms with Gasteiger partial charge in [-0.3, -0.25) is 9.89 Å². The Hall–Kier alpha value is -1.41. The van der Waals surface area contributed by atoms with Crippen LogP contribution in [0.4, 0.5) is 0 Å². The van der Waals surface area contributed by atoms with E-state index in [9.17, 15) is 13.2 Å². The van der Waals surface area contributed by atoms with Crippen LogP contribution in [0.1, 0.15) is 12.8 Å². The van der Waals surface area contributed by atoms with Crippen molar-refractivity contribution in [3.8, 4) is 0 Å². The maximum atomic E-state index is 12.1. The molecule has 2 rings (SSSR count). The first-order chi connectivity index (χ1) is 8.01.